The average molecular weight is 520 g/mol. The van der Waals surface area contributed by atoms with Gasteiger partial charge in [0, 0.05) is 64.5 Å². The van der Waals surface area contributed by atoms with Gasteiger partial charge in [-0.1, -0.05) is 0 Å². The van der Waals surface area contributed by atoms with Gasteiger partial charge < -0.3 is 19.3 Å². The summed E-state index contributed by atoms with van der Waals surface area (Å²) in [6, 6.07) is 2.30. The Kier molecular flexibility index (Phi) is 7.70. The second-order valence-electron chi connectivity index (χ2n) is 8.98. The van der Waals surface area contributed by atoms with Crippen molar-refractivity contribution in [1.29, 1.82) is 0 Å². The third-order valence-corrected chi connectivity index (χ3v) is 6.58. The van der Waals surface area contributed by atoms with Crippen LogP contribution in [0.4, 0.5) is 23.9 Å². The Balaban J connectivity index is 1.16. The molecule has 0 saturated carbocycles. The minimum absolute atomic E-state index is 0.103. The van der Waals surface area contributed by atoms with Crippen molar-refractivity contribution in [1.82, 2.24) is 24.8 Å². The number of ether oxygens (including phenoxy) is 2. The number of hydrogen-bond donors (Lipinski definition) is 0. The minimum Gasteiger partial charge on any atom is -0.474 e. The zero-order chi connectivity index (χ0) is 25.8. The quantitative estimate of drug-likeness (QED) is 0.579. The van der Waals surface area contributed by atoms with Gasteiger partial charge in [-0.05, 0) is 17.7 Å². The molecule has 13 heteroatoms. The van der Waals surface area contributed by atoms with Crippen LogP contribution in [0.5, 0.6) is 5.88 Å². The first-order chi connectivity index (χ1) is 18.0. The monoisotopic (exact) mass is 519 g/mol. The summed E-state index contributed by atoms with van der Waals surface area (Å²) in [6.45, 7) is 5.45. The van der Waals surface area contributed by atoms with E-state index in [0.29, 0.717) is 70.5 Å². The van der Waals surface area contributed by atoms with Crippen LogP contribution in [0.25, 0.3) is 0 Å². The number of rotatable bonds is 6. The van der Waals surface area contributed by atoms with E-state index in [0.717, 1.165) is 25.4 Å². The second kappa shape index (κ2) is 11.3. The third kappa shape index (κ3) is 5.93. The van der Waals surface area contributed by atoms with Gasteiger partial charge in [-0.3, -0.25) is 4.90 Å². The predicted molar refractivity (Wildman–Crippen MR) is 128 cm³/mol. The summed E-state index contributed by atoms with van der Waals surface area (Å²) in [5.41, 5.74) is 0.350. The smallest absolute Gasteiger partial charge is 0.341 e. The van der Waals surface area contributed by atoms with Crippen molar-refractivity contribution < 1.29 is 27.4 Å². The fourth-order valence-corrected chi connectivity index (χ4v) is 4.58. The van der Waals surface area contributed by atoms with Gasteiger partial charge >= 0.3 is 6.03 Å². The lowest BCUT2D eigenvalue weighted by Crippen LogP contribution is -2.52. The van der Waals surface area contributed by atoms with Gasteiger partial charge in [-0.15, -0.1) is 0 Å². The van der Waals surface area contributed by atoms with Gasteiger partial charge in [-0.25, -0.2) is 23.6 Å². The molecule has 0 N–H and O–H groups in total. The van der Waals surface area contributed by atoms with E-state index in [2.05, 4.69) is 20.0 Å². The molecule has 198 valence electrons. The van der Waals surface area contributed by atoms with Crippen molar-refractivity contribution in [3.63, 3.8) is 0 Å². The summed E-state index contributed by atoms with van der Waals surface area (Å²) in [5, 5.41) is 5.42. The van der Waals surface area contributed by atoms with Crippen LogP contribution in [0.2, 0.25) is 0 Å². The lowest BCUT2D eigenvalue weighted by molar-refractivity contribution is 0.0317. The van der Waals surface area contributed by atoms with E-state index in [1.54, 1.807) is 11.1 Å². The van der Waals surface area contributed by atoms with Crippen molar-refractivity contribution in [2.24, 2.45) is 5.10 Å². The molecule has 1 atom stereocenters. The van der Waals surface area contributed by atoms with Crippen LogP contribution in [0.1, 0.15) is 18.0 Å². The summed E-state index contributed by atoms with van der Waals surface area (Å²) in [4.78, 5) is 27.2. The Hall–Kier alpha value is -3.45. The number of anilines is 1. The molecule has 1 aromatic carbocycles. The summed E-state index contributed by atoms with van der Waals surface area (Å²) < 4.78 is 52.6. The molecule has 10 nitrogen and oxygen atoms in total. The van der Waals surface area contributed by atoms with Crippen LogP contribution < -0.4 is 9.64 Å². The van der Waals surface area contributed by atoms with E-state index in [9.17, 15) is 18.0 Å². The van der Waals surface area contributed by atoms with Gasteiger partial charge in [0.15, 0.2) is 0 Å². The van der Waals surface area contributed by atoms with E-state index in [1.807, 2.05) is 4.90 Å². The number of halogens is 3. The van der Waals surface area contributed by atoms with Crippen molar-refractivity contribution >= 4 is 18.2 Å². The molecule has 5 rings (SSSR count). The highest BCUT2D eigenvalue weighted by molar-refractivity contribution is 5.78. The maximum absolute atomic E-state index is 14.2. The molecular formula is C24H28F3N7O3. The van der Waals surface area contributed by atoms with Crippen LogP contribution in [0, 0.1) is 17.5 Å². The number of aromatic nitrogens is 2. The van der Waals surface area contributed by atoms with Crippen molar-refractivity contribution in [3.05, 3.63) is 47.4 Å². The number of hydrogen-bond acceptors (Lipinski definition) is 8. The molecule has 1 aromatic heterocycles. The summed E-state index contributed by atoms with van der Waals surface area (Å²) in [7, 11) is 0. The number of piperazine rings is 1. The molecule has 1 unspecified atom stereocenters. The average Bonchev–Trinajstić information content (AvgIpc) is 3.40. The number of hydrazone groups is 1. The van der Waals surface area contributed by atoms with Crippen LogP contribution in [-0.4, -0.2) is 103 Å². The van der Waals surface area contributed by atoms with Gasteiger partial charge in [0.2, 0.25) is 11.8 Å². The van der Waals surface area contributed by atoms with Crippen molar-refractivity contribution in [3.8, 4) is 5.88 Å². The number of amides is 2. The molecule has 3 aliphatic heterocycles. The first-order valence-corrected chi connectivity index (χ1v) is 12.2. The highest BCUT2D eigenvalue weighted by Crippen LogP contribution is 2.30. The van der Waals surface area contributed by atoms with E-state index in [4.69, 9.17) is 9.47 Å². The molecule has 0 spiro atoms. The molecule has 2 amide bonds. The zero-order valence-corrected chi connectivity index (χ0v) is 20.2. The summed E-state index contributed by atoms with van der Waals surface area (Å²) >= 11 is 0. The Morgan fingerprint density at radius 2 is 1.76 bits per heavy atom. The van der Waals surface area contributed by atoms with E-state index in [1.165, 1.54) is 17.1 Å². The topological polar surface area (TPSA) is 86.6 Å². The number of benzene rings is 1. The van der Waals surface area contributed by atoms with Crippen LogP contribution in [0.3, 0.4) is 0 Å². The molecule has 0 radical (unpaired) electrons. The van der Waals surface area contributed by atoms with Gasteiger partial charge in [0.05, 0.1) is 25.5 Å². The lowest BCUT2D eigenvalue weighted by atomic mass is 10.0. The molecule has 2 fully saturated rings. The Labute approximate surface area is 212 Å². The fourth-order valence-electron chi connectivity index (χ4n) is 4.58. The first kappa shape index (κ1) is 25.2. The predicted octanol–water partition coefficient (Wildman–Crippen LogP) is 2.28. The lowest BCUT2D eigenvalue weighted by Gasteiger charge is -2.37. The van der Waals surface area contributed by atoms with Crippen LogP contribution in [0.15, 0.2) is 29.5 Å². The standard InChI is InChI=1S/C24H28F3N7O3/c25-18-13-17(14-19(26)15-18)21-1-2-29-34(21)24(35)33-5-3-32(4-6-33)23-28-16-20(27)22(30-23)37-12-9-31-7-10-36-11-8-31/h2,13-16,21H,1,3-12H2. The maximum atomic E-state index is 14.2. The molecular weight excluding hydrogens is 491 g/mol. The van der Waals surface area contributed by atoms with Crippen molar-refractivity contribution in [2.45, 2.75) is 12.5 Å². The molecule has 3 aliphatic rings. The Bertz CT molecular complexity index is 1120. The largest absolute Gasteiger partial charge is 0.474 e. The molecule has 2 aromatic rings. The first-order valence-electron chi connectivity index (χ1n) is 12.2. The van der Waals surface area contributed by atoms with Gasteiger partial charge in [0.1, 0.15) is 18.2 Å². The highest BCUT2D eigenvalue weighted by atomic mass is 19.1. The minimum atomic E-state index is -0.702. The highest BCUT2D eigenvalue weighted by Gasteiger charge is 2.34. The molecule has 4 heterocycles. The molecule has 2 saturated heterocycles. The normalized spacial score (nSPS) is 20.5. The second-order valence-corrected chi connectivity index (χ2v) is 8.98. The Morgan fingerprint density at radius 1 is 1.03 bits per heavy atom. The summed E-state index contributed by atoms with van der Waals surface area (Å²) in [6.07, 6.45) is 3.02. The molecule has 37 heavy (non-hydrogen) atoms. The van der Waals surface area contributed by atoms with E-state index in [-0.39, 0.29) is 11.9 Å². The number of nitrogens with zero attached hydrogens (tertiary/aromatic N) is 7. The van der Waals surface area contributed by atoms with Gasteiger partial charge in [-0.2, -0.15) is 14.5 Å². The third-order valence-electron chi connectivity index (χ3n) is 6.58. The fraction of sp³-hybridized carbons (Fsp3) is 0.500. The van der Waals surface area contributed by atoms with Crippen molar-refractivity contribution in [2.75, 3.05) is 70.5 Å². The molecule has 0 aliphatic carbocycles. The van der Waals surface area contributed by atoms with Crippen LogP contribution >= 0.6 is 0 Å². The van der Waals surface area contributed by atoms with E-state index >= 15 is 0 Å². The van der Waals surface area contributed by atoms with E-state index < -0.39 is 23.5 Å². The summed E-state index contributed by atoms with van der Waals surface area (Å²) in [5.74, 6) is -1.82. The number of carbonyl (C=O) groups excluding carboxylic acids is 1. The van der Waals surface area contributed by atoms with Gasteiger partial charge in [0.25, 0.3) is 5.88 Å². The SMILES string of the molecule is O=C(N1CCN(c2ncc(F)c(OCCN3CCOCC3)n2)CC1)N1N=CCC1c1cc(F)cc(F)c1. The number of urea groups is 1. The van der Waals surface area contributed by atoms with Crippen LogP contribution in [-0.2, 0) is 4.74 Å². The molecule has 0 bridgehead atoms. The number of morpholine rings is 1. The maximum Gasteiger partial charge on any atom is 0.341 e. The zero-order valence-electron chi connectivity index (χ0n) is 20.2. The number of carbonyl (C=O) groups is 1. The Morgan fingerprint density at radius 3 is 2.49 bits per heavy atom.